The summed E-state index contributed by atoms with van der Waals surface area (Å²) in [4.78, 5) is 2.37. The van der Waals surface area contributed by atoms with E-state index in [1.165, 1.54) is 19.3 Å². The summed E-state index contributed by atoms with van der Waals surface area (Å²) in [6.07, 6.45) is 3.72. The molecule has 2 rings (SSSR count). The van der Waals surface area contributed by atoms with Gasteiger partial charge in [-0.1, -0.05) is 13.3 Å². The molecule has 0 spiro atoms. The van der Waals surface area contributed by atoms with Crippen molar-refractivity contribution < 1.29 is 4.39 Å². The van der Waals surface area contributed by atoms with Gasteiger partial charge >= 0.3 is 0 Å². The molecule has 0 aliphatic carbocycles. The van der Waals surface area contributed by atoms with Crippen LogP contribution in [0.3, 0.4) is 0 Å². The Bertz CT molecular complexity index is 435. The second-order valence-electron chi connectivity index (χ2n) is 5.79. The van der Waals surface area contributed by atoms with Gasteiger partial charge in [-0.2, -0.15) is 0 Å². The van der Waals surface area contributed by atoms with E-state index < -0.39 is 0 Å². The summed E-state index contributed by atoms with van der Waals surface area (Å²) in [5.41, 5.74) is 8.76. The topological polar surface area (TPSA) is 29.3 Å². The van der Waals surface area contributed by atoms with Crippen LogP contribution in [0, 0.1) is 18.7 Å². The highest BCUT2D eigenvalue weighted by Gasteiger charge is 2.21. The van der Waals surface area contributed by atoms with E-state index in [9.17, 15) is 4.39 Å². The molecule has 0 radical (unpaired) electrons. The second kappa shape index (κ2) is 5.91. The van der Waals surface area contributed by atoms with E-state index in [0.717, 1.165) is 30.3 Å². The van der Waals surface area contributed by atoms with Gasteiger partial charge < -0.3 is 10.6 Å². The van der Waals surface area contributed by atoms with Crippen LogP contribution in [0.1, 0.15) is 50.3 Å². The molecule has 1 atom stereocenters. The maximum absolute atomic E-state index is 13.7. The molecule has 1 aliphatic heterocycles. The van der Waals surface area contributed by atoms with Crippen molar-refractivity contribution in [2.24, 2.45) is 11.7 Å². The summed E-state index contributed by atoms with van der Waals surface area (Å²) >= 11 is 0. The maximum atomic E-state index is 13.7. The summed E-state index contributed by atoms with van der Waals surface area (Å²) in [5.74, 6) is 0.691. The van der Waals surface area contributed by atoms with Gasteiger partial charge in [-0.25, -0.2) is 4.39 Å². The number of piperidine rings is 1. The monoisotopic (exact) mass is 264 g/mol. The lowest BCUT2D eigenvalue weighted by molar-refractivity contribution is 0.394. The molecule has 2 nitrogen and oxygen atoms in total. The molecule has 1 saturated heterocycles. The number of nitrogens with two attached hydrogens (primary N) is 1. The SMILES string of the molecule is CCC1CCN(c2cc(C)c(F)cc2[C@H](C)N)CC1. The minimum atomic E-state index is -0.153. The molecular weight excluding hydrogens is 239 g/mol. The van der Waals surface area contributed by atoms with E-state index in [2.05, 4.69) is 11.8 Å². The van der Waals surface area contributed by atoms with Gasteiger partial charge in [-0.05, 0) is 55.9 Å². The van der Waals surface area contributed by atoms with Crippen LogP contribution in [-0.2, 0) is 0 Å². The lowest BCUT2D eigenvalue weighted by Gasteiger charge is -2.35. The molecule has 106 valence electrons. The Kier molecular flexibility index (Phi) is 4.46. The van der Waals surface area contributed by atoms with Gasteiger partial charge in [-0.3, -0.25) is 0 Å². The van der Waals surface area contributed by atoms with Crippen LogP contribution < -0.4 is 10.6 Å². The number of halogens is 1. The Morgan fingerprint density at radius 3 is 2.53 bits per heavy atom. The predicted octanol–water partition coefficient (Wildman–Crippen LogP) is 3.78. The van der Waals surface area contributed by atoms with Gasteiger partial charge in [0.05, 0.1) is 0 Å². The van der Waals surface area contributed by atoms with Crippen molar-refractivity contribution in [3.05, 3.63) is 29.1 Å². The number of hydrogen-bond acceptors (Lipinski definition) is 2. The van der Waals surface area contributed by atoms with Crippen LogP contribution in [0.25, 0.3) is 0 Å². The summed E-state index contributed by atoms with van der Waals surface area (Å²) in [7, 11) is 0. The molecule has 1 aromatic carbocycles. The van der Waals surface area contributed by atoms with Crippen molar-refractivity contribution in [3.8, 4) is 0 Å². The molecule has 3 heteroatoms. The first-order chi connectivity index (χ1) is 9.02. The first-order valence-electron chi connectivity index (χ1n) is 7.33. The fourth-order valence-electron chi connectivity index (χ4n) is 2.90. The lowest BCUT2D eigenvalue weighted by Crippen LogP contribution is -2.34. The Morgan fingerprint density at radius 2 is 2.00 bits per heavy atom. The van der Waals surface area contributed by atoms with Crippen LogP contribution in [0.15, 0.2) is 12.1 Å². The molecule has 0 amide bonds. The van der Waals surface area contributed by atoms with Crippen LogP contribution in [-0.4, -0.2) is 13.1 Å². The molecule has 19 heavy (non-hydrogen) atoms. The average molecular weight is 264 g/mol. The second-order valence-corrected chi connectivity index (χ2v) is 5.79. The van der Waals surface area contributed by atoms with E-state index in [-0.39, 0.29) is 11.9 Å². The number of benzene rings is 1. The van der Waals surface area contributed by atoms with E-state index in [1.807, 2.05) is 19.9 Å². The summed E-state index contributed by atoms with van der Waals surface area (Å²) in [5, 5.41) is 0. The third-order valence-corrected chi connectivity index (χ3v) is 4.33. The zero-order chi connectivity index (χ0) is 14.0. The largest absolute Gasteiger partial charge is 0.371 e. The Morgan fingerprint density at radius 1 is 1.37 bits per heavy atom. The minimum absolute atomic E-state index is 0.131. The molecule has 0 aromatic heterocycles. The molecule has 0 unspecified atom stereocenters. The zero-order valence-corrected chi connectivity index (χ0v) is 12.2. The number of anilines is 1. The van der Waals surface area contributed by atoms with Gasteiger partial charge in [0.2, 0.25) is 0 Å². The van der Waals surface area contributed by atoms with E-state index in [0.29, 0.717) is 5.56 Å². The van der Waals surface area contributed by atoms with Crippen molar-refractivity contribution in [1.82, 2.24) is 0 Å². The van der Waals surface area contributed by atoms with Gasteiger partial charge in [-0.15, -0.1) is 0 Å². The summed E-state index contributed by atoms with van der Waals surface area (Å²) in [6, 6.07) is 3.44. The van der Waals surface area contributed by atoms with Crippen LogP contribution in [0.4, 0.5) is 10.1 Å². The predicted molar refractivity (Wildman–Crippen MR) is 79.0 cm³/mol. The molecule has 0 bridgehead atoms. The molecule has 1 aliphatic rings. The molecule has 2 N–H and O–H groups in total. The van der Waals surface area contributed by atoms with Crippen molar-refractivity contribution >= 4 is 5.69 Å². The van der Waals surface area contributed by atoms with Gasteiger partial charge in [0, 0.05) is 24.8 Å². The number of hydrogen-bond donors (Lipinski definition) is 1. The third-order valence-electron chi connectivity index (χ3n) is 4.33. The first kappa shape index (κ1) is 14.3. The van der Waals surface area contributed by atoms with Gasteiger partial charge in [0.25, 0.3) is 0 Å². The third kappa shape index (κ3) is 3.08. The highest BCUT2D eigenvalue weighted by molar-refractivity contribution is 5.57. The Balaban J connectivity index is 2.26. The molecule has 1 aromatic rings. The van der Waals surface area contributed by atoms with Crippen molar-refractivity contribution in [3.63, 3.8) is 0 Å². The average Bonchev–Trinajstić information content (AvgIpc) is 2.41. The molecular formula is C16H25FN2. The fraction of sp³-hybridized carbons (Fsp3) is 0.625. The fourth-order valence-corrected chi connectivity index (χ4v) is 2.90. The van der Waals surface area contributed by atoms with Crippen LogP contribution in [0.2, 0.25) is 0 Å². The highest BCUT2D eigenvalue weighted by Crippen LogP contribution is 2.32. The van der Waals surface area contributed by atoms with Crippen molar-refractivity contribution in [2.45, 2.75) is 46.1 Å². The minimum Gasteiger partial charge on any atom is -0.371 e. The van der Waals surface area contributed by atoms with Gasteiger partial charge in [0.1, 0.15) is 5.82 Å². The maximum Gasteiger partial charge on any atom is 0.126 e. The Hall–Kier alpha value is -1.09. The van der Waals surface area contributed by atoms with Crippen molar-refractivity contribution in [2.75, 3.05) is 18.0 Å². The standard InChI is InChI=1S/C16H25FN2/c1-4-13-5-7-19(8-6-13)16-9-11(2)15(17)10-14(16)12(3)18/h9-10,12-13H,4-8,18H2,1-3H3/t12-/m0/s1. The summed E-state index contributed by atoms with van der Waals surface area (Å²) in [6.45, 7) is 8.12. The highest BCUT2D eigenvalue weighted by atomic mass is 19.1. The first-order valence-corrected chi connectivity index (χ1v) is 7.33. The van der Waals surface area contributed by atoms with Crippen LogP contribution >= 0.6 is 0 Å². The van der Waals surface area contributed by atoms with E-state index in [1.54, 1.807) is 6.07 Å². The number of rotatable bonds is 3. The molecule has 1 heterocycles. The normalized spacial score (nSPS) is 18.7. The molecule has 1 fully saturated rings. The van der Waals surface area contributed by atoms with Gasteiger partial charge in [0.15, 0.2) is 0 Å². The summed E-state index contributed by atoms with van der Waals surface area (Å²) < 4.78 is 13.7. The lowest BCUT2D eigenvalue weighted by atomic mass is 9.93. The smallest absolute Gasteiger partial charge is 0.126 e. The number of nitrogens with zero attached hydrogens (tertiary/aromatic N) is 1. The van der Waals surface area contributed by atoms with Crippen LogP contribution in [0.5, 0.6) is 0 Å². The van der Waals surface area contributed by atoms with E-state index >= 15 is 0 Å². The molecule has 0 saturated carbocycles. The zero-order valence-electron chi connectivity index (χ0n) is 12.2. The van der Waals surface area contributed by atoms with E-state index in [4.69, 9.17) is 5.73 Å². The van der Waals surface area contributed by atoms with Crippen molar-refractivity contribution in [1.29, 1.82) is 0 Å². The Labute approximate surface area is 115 Å². The quantitative estimate of drug-likeness (QED) is 0.900. The number of aryl methyl sites for hydroxylation is 1.